The Kier molecular flexibility index (Phi) is 4.93. The van der Waals surface area contributed by atoms with Gasteiger partial charge in [-0.2, -0.15) is 0 Å². The van der Waals surface area contributed by atoms with Gasteiger partial charge >= 0.3 is 0 Å². The van der Waals surface area contributed by atoms with Gasteiger partial charge in [-0.05, 0) is 18.7 Å². The van der Waals surface area contributed by atoms with E-state index in [4.69, 9.17) is 11.6 Å². The van der Waals surface area contributed by atoms with E-state index in [0.29, 0.717) is 29.0 Å². The molecule has 0 saturated heterocycles. The minimum atomic E-state index is -3.56. The second-order valence-electron chi connectivity index (χ2n) is 4.20. The molecule has 1 aromatic heterocycles. The zero-order valence-electron chi connectivity index (χ0n) is 11.1. The third-order valence-electron chi connectivity index (χ3n) is 2.85. The van der Waals surface area contributed by atoms with Gasteiger partial charge in [-0.1, -0.05) is 30.7 Å². The van der Waals surface area contributed by atoms with E-state index in [1.54, 1.807) is 24.3 Å². The van der Waals surface area contributed by atoms with Crippen molar-refractivity contribution in [1.29, 1.82) is 0 Å². The SMILES string of the molecule is CCNCCNS(=O)(=O)c1cccc2c(Cl)nccc12. The van der Waals surface area contributed by atoms with Crippen LogP contribution in [0.3, 0.4) is 0 Å². The number of sulfonamides is 1. The van der Waals surface area contributed by atoms with Crippen LogP contribution in [0.1, 0.15) is 6.92 Å². The minimum absolute atomic E-state index is 0.218. The van der Waals surface area contributed by atoms with Crippen LogP contribution in [0.4, 0.5) is 0 Å². The number of nitrogens with zero attached hydrogens (tertiary/aromatic N) is 1. The standard InChI is InChI=1S/C13H16ClN3O2S/c1-2-15-8-9-17-20(18,19)12-5-3-4-11-10(12)6-7-16-13(11)14/h3-7,15,17H,2,8-9H2,1H3. The topological polar surface area (TPSA) is 71.1 Å². The molecule has 0 bridgehead atoms. The molecule has 0 fully saturated rings. The molecule has 1 heterocycles. The molecule has 0 aliphatic rings. The van der Waals surface area contributed by atoms with Crippen LogP contribution in [-0.2, 0) is 10.0 Å². The molecule has 108 valence electrons. The van der Waals surface area contributed by atoms with Crippen LogP contribution in [0.5, 0.6) is 0 Å². The van der Waals surface area contributed by atoms with Gasteiger partial charge in [0.2, 0.25) is 10.0 Å². The molecule has 0 saturated carbocycles. The third-order valence-corrected chi connectivity index (χ3v) is 4.67. The molecular weight excluding hydrogens is 298 g/mol. The largest absolute Gasteiger partial charge is 0.316 e. The summed E-state index contributed by atoms with van der Waals surface area (Å²) in [5.41, 5.74) is 0. The Labute approximate surface area is 123 Å². The highest BCUT2D eigenvalue weighted by atomic mass is 35.5. The lowest BCUT2D eigenvalue weighted by Gasteiger charge is -2.10. The maximum Gasteiger partial charge on any atom is 0.241 e. The fraction of sp³-hybridized carbons (Fsp3) is 0.308. The quantitative estimate of drug-likeness (QED) is 0.630. The Morgan fingerprint density at radius 3 is 2.75 bits per heavy atom. The first-order valence-electron chi connectivity index (χ1n) is 6.30. The summed E-state index contributed by atoms with van der Waals surface area (Å²) in [5, 5.41) is 4.56. The highest BCUT2D eigenvalue weighted by Crippen LogP contribution is 2.26. The summed E-state index contributed by atoms with van der Waals surface area (Å²) in [7, 11) is -3.56. The van der Waals surface area contributed by atoms with Crippen LogP contribution in [0.2, 0.25) is 5.15 Å². The molecule has 2 N–H and O–H groups in total. The van der Waals surface area contributed by atoms with Crippen LogP contribution in [0, 0.1) is 0 Å². The molecule has 2 rings (SSSR count). The zero-order chi connectivity index (χ0) is 14.6. The number of benzene rings is 1. The average molecular weight is 314 g/mol. The summed E-state index contributed by atoms with van der Waals surface area (Å²) >= 11 is 5.99. The Bertz CT molecular complexity index is 704. The number of nitrogens with one attached hydrogen (secondary N) is 2. The van der Waals surface area contributed by atoms with Crippen molar-refractivity contribution in [3.05, 3.63) is 35.6 Å². The van der Waals surface area contributed by atoms with E-state index in [1.165, 1.54) is 6.20 Å². The first-order chi connectivity index (χ1) is 9.56. The summed E-state index contributed by atoms with van der Waals surface area (Å²) in [6.07, 6.45) is 1.50. The first kappa shape index (κ1) is 15.2. The molecule has 0 amide bonds. The molecule has 0 aliphatic carbocycles. The number of pyridine rings is 1. The van der Waals surface area contributed by atoms with Crippen molar-refractivity contribution in [2.45, 2.75) is 11.8 Å². The Morgan fingerprint density at radius 2 is 2.00 bits per heavy atom. The second-order valence-corrected chi connectivity index (χ2v) is 6.30. The Balaban J connectivity index is 2.35. The summed E-state index contributed by atoms with van der Waals surface area (Å²) in [5.74, 6) is 0. The van der Waals surface area contributed by atoms with Crippen molar-refractivity contribution in [3.8, 4) is 0 Å². The number of halogens is 1. The maximum absolute atomic E-state index is 12.3. The zero-order valence-corrected chi connectivity index (χ0v) is 12.6. The van der Waals surface area contributed by atoms with Gasteiger partial charge in [-0.3, -0.25) is 0 Å². The van der Waals surface area contributed by atoms with Gasteiger partial charge in [0, 0.05) is 30.1 Å². The Hall–Kier alpha value is -1.21. The fourth-order valence-electron chi connectivity index (χ4n) is 1.91. The van der Waals surface area contributed by atoms with Gasteiger partial charge in [0.1, 0.15) is 5.15 Å². The van der Waals surface area contributed by atoms with Crippen molar-refractivity contribution in [2.75, 3.05) is 19.6 Å². The lowest BCUT2D eigenvalue weighted by atomic mass is 10.2. The van der Waals surface area contributed by atoms with E-state index in [9.17, 15) is 8.42 Å². The predicted molar refractivity (Wildman–Crippen MR) is 80.5 cm³/mol. The molecule has 0 spiro atoms. The van der Waals surface area contributed by atoms with E-state index < -0.39 is 10.0 Å². The number of likely N-dealkylation sites (N-methyl/N-ethyl adjacent to an activating group) is 1. The van der Waals surface area contributed by atoms with Gasteiger partial charge in [0.25, 0.3) is 0 Å². The molecule has 0 radical (unpaired) electrons. The van der Waals surface area contributed by atoms with Crippen molar-refractivity contribution >= 4 is 32.4 Å². The lowest BCUT2D eigenvalue weighted by molar-refractivity contribution is 0.578. The molecule has 0 unspecified atom stereocenters. The molecule has 2 aromatic rings. The van der Waals surface area contributed by atoms with Gasteiger partial charge in [-0.25, -0.2) is 18.1 Å². The molecule has 0 aliphatic heterocycles. The smallest absolute Gasteiger partial charge is 0.241 e. The number of fused-ring (bicyclic) bond motifs is 1. The molecule has 20 heavy (non-hydrogen) atoms. The van der Waals surface area contributed by atoms with Crippen molar-refractivity contribution in [2.24, 2.45) is 0 Å². The van der Waals surface area contributed by atoms with Crippen molar-refractivity contribution in [1.82, 2.24) is 15.0 Å². The van der Waals surface area contributed by atoms with Crippen LogP contribution >= 0.6 is 11.6 Å². The molecule has 7 heteroatoms. The normalized spacial score (nSPS) is 11.9. The predicted octanol–water partition coefficient (Wildman–Crippen LogP) is 1.78. The average Bonchev–Trinajstić information content (AvgIpc) is 2.43. The Morgan fingerprint density at radius 1 is 1.20 bits per heavy atom. The first-order valence-corrected chi connectivity index (χ1v) is 8.16. The lowest BCUT2D eigenvalue weighted by Crippen LogP contribution is -2.31. The summed E-state index contributed by atoms with van der Waals surface area (Å²) in [4.78, 5) is 4.18. The van der Waals surface area contributed by atoms with Crippen LogP contribution in [0.15, 0.2) is 35.4 Å². The van der Waals surface area contributed by atoms with Gasteiger partial charge in [-0.15, -0.1) is 0 Å². The van der Waals surface area contributed by atoms with Crippen molar-refractivity contribution < 1.29 is 8.42 Å². The van der Waals surface area contributed by atoms with Crippen LogP contribution in [-0.4, -0.2) is 33.0 Å². The van der Waals surface area contributed by atoms with Crippen LogP contribution < -0.4 is 10.0 Å². The summed E-state index contributed by atoms with van der Waals surface area (Å²) < 4.78 is 27.2. The highest BCUT2D eigenvalue weighted by molar-refractivity contribution is 7.89. The van der Waals surface area contributed by atoms with Gasteiger partial charge in [0.05, 0.1) is 4.90 Å². The summed E-state index contributed by atoms with van der Waals surface area (Å²) in [6, 6.07) is 6.63. The molecule has 5 nitrogen and oxygen atoms in total. The number of rotatable bonds is 6. The van der Waals surface area contributed by atoms with Gasteiger partial charge in [0.15, 0.2) is 0 Å². The molecular formula is C13H16ClN3O2S. The van der Waals surface area contributed by atoms with E-state index in [2.05, 4.69) is 15.0 Å². The monoisotopic (exact) mass is 313 g/mol. The minimum Gasteiger partial charge on any atom is -0.316 e. The molecule has 1 aromatic carbocycles. The number of hydrogen-bond donors (Lipinski definition) is 2. The fourth-order valence-corrected chi connectivity index (χ4v) is 3.38. The van der Waals surface area contributed by atoms with E-state index >= 15 is 0 Å². The second kappa shape index (κ2) is 6.49. The number of hydrogen-bond acceptors (Lipinski definition) is 4. The van der Waals surface area contributed by atoms with Crippen molar-refractivity contribution in [3.63, 3.8) is 0 Å². The highest BCUT2D eigenvalue weighted by Gasteiger charge is 2.17. The van der Waals surface area contributed by atoms with Crippen LogP contribution in [0.25, 0.3) is 10.8 Å². The third kappa shape index (κ3) is 3.27. The molecule has 0 atom stereocenters. The summed E-state index contributed by atoms with van der Waals surface area (Å²) in [6.45, 7) is 3.69. The van der Waals surface area contributed by atoms with E-state index in [1.807, 2.05) is 6.92 Å². The van der Waals surface area contributed by atoms with E-state index in [-0.39, 0.29) is 4.90 Å². The van der Waals surface area contributed by atoms with Gasteiger partial charge < -0.3 is 5.32 Å². The maximum atomic E-state index is 12.3. The number of aromatic nitrogens is 1. The van der Waals surface area contributed by atoms with E-state index in [0.717, 1.165) is 6.54 Å².